The number of aromatic hydroxyl groups is 1. The Hall–Kier alpha value is -6.01. The van der Waals surface area contributed by atoms with Crippen LogP contribution in [0.25, 0.3) is 0 Å². The molecule has 3 fully saturated rings. The number of benzene rings is 4. The zero-order valence-electron chi connectivity index (χ0n) is 29.9. The Kier molecular flexibility index (Phi) is 9.61. The highest BCUT2D eigenvalue weighted by Crippen LogP contribution is 2.65. The zero-order chi connectivity index (χ0) is 39.3. The van der Waals surface area contributed by atoms with Crippen LogP contribution in [-0.2, 0) is 36.0 Å². The number of hydrogen-bond acceptors (Lipinski definition) is 8. The summed E-state index contributed by atoms with van der Waals surface area (Å²) in [5.74, 6) is -7.91. The second kappa shape index (κ2) is 14.6. The summed E-state index contributed by atoms with van der Waals surface area (Å²) in [5, 5.41) is 22.5. The first-order valence-electron chi connectivity index (χ1n) is 18.4. The van der Waals surface area contributed by atoms with Crippen molar-refractivity contribution in [1.82, 2.24) is 9.91 Å². The Morgan fingerprint density at radius 3 is 2.34 bits per heavy atom. The van der Waals surface area contributed by atoms with Gasteiger partial charge in [-0.1, -0.05) is 71.8 Å². The van der Waals surface area contributed by atoms with Crippen LogP contribution in [0.5, 0.6) is 11.5 Å². The van der Waals surface area contributed by atoms with Crippen LogP contribution in [0.2, 0.25) is 5.02 Å². The molecule has 2 heterocycles. The molecule has 2 aliphatic carbocycles. The predicted octanol–water partition coefficient (Wildman–Crippen LogP) is 6.61. The van der Waals surface area contributed by atoms with E-state index in [1.54, 1.807) is 36.4 Å². The lowest BCUT2D eigenvalue weighted by molar-refractivity contribution is -0.142. The van der Waals surface area contributed by atoms with Crippen LogP contribution in [0.15, 0.2) is 109 Å². The number of nitrogens with zero attached hydrogens (tertiary/aromatic N) is 2. The number of rotatable bonds is 11. The number of phenolic OH excluding ortho intramolecular Hbond substituents is 1. The number of hydrazine groups is 1. The number of ether oxygens (including phenoxy) is 1. The standard InChI is InChI=1S/C43H37ClFN3O8/c44-26-10-8-25(9-11-26)43-34(40(53)48(42(43)55)46-28-14-12-27(45)13-15-28)22-33-30(18-19-32-37(33)41(54)47(39(32)52)20-4-7-36(50)51)38(43)31-17-16-29(21-35(31)49)56-23-24-5-2-1-3-6-24/h1-3,5-6,8-18,21,32-34,37-38,46,49H,4,7,19-20,22-23H2,(H,50,51)/t32-,33+,34-,37-,38+,43+/m0/s1. The predicted molar refractivity (Wildman–Crippen MR) is 201 cm³/mol. The number of anilines is 1. The lowest BCUT2D eigenvalue weighted by Gasteiger charge is -2.50. The topological polar surface area (TPSA) is 154 Å². The minimum absolute atomic E-state index is 0.0132. The van der Waals surface area contributed by atoms with Crippen LogP contribution >= 0.6 is 11.6 Å². The van der Waals surface area contributed by atoms with Gasteiger partial charge in [0.05, 0.1) is 28.9 Å². The number of carboxylic acid groups (broad SMARTS) is 1. The van der Waals surface area contributed by atoms with E-state index in [0.717, 1.165) is 15.5 Å². The summed E-state index contributed by atoms with van der Waals surface area (Å²) in [7, 11) is 0. The number of allylic oxidation sites excluding steroid dienone is 2. The Morgan fingerprint density at radius 1 is 0.911 bits per heavy atom. The fourth-order valence-corrected chi connectivity index (χ4v) is 9.40. The minimum atomic E-state index is -1.68. The van der Waals surface area contributed by atoms with Gasteiger partial charge in [0.25, 0.3) is 11.8 Å². The van der Waals surface area contributed by atoms with Gasteiger partial charge in [-0.05, 0) is 78.8 Å². The number of carbonyl (C=O) groups is 5. The van der Waals surface area contributed by atoms with Gasteiger partial charge in [0.1, 0.15) is 23.9 Å². The minimum Gasteiger partial charge on any atom is -0.508 e. The van der Waals surface area contributed by atoms with Gasteiger partial charge in [-0.3, -0.25) is 34.3 Å². The van der Waals surface area contributed by atoms with Crippen molar-refractivity contribution in [2.75, 3.05) is 12.0 Å². The molecule has 11 nitrogen and oxygen atoms in total. The molecular formula is C43H37ClFN3O8. The Bertz CT molecular complexity index is 2270. The smallest absolute Gasteiger partial charge is 0.303 e. The molecule has 2 aliphatic heterocycles. The highest BCUT2D eigenvalue weighted by Gasteiger charge is 2.70. The molecule has 8 rings (SSSR count). The van der Waals surface area contributed by atoms with Gasteiger partial charge in [-0.25, -0.2) is 4.39 Å². The van der Waals surface area contributed by atoms with E-state index in [1.807, 2.05) is 36.4 Å². The van der Waals surface area contributed by atoms with Crippen LogP contribution in [0.3, 0.4) is 0 Å². The number of hydrogen-bond donors (Lipinski definition) is 3. The van der Waals surface area contributed by atoms with E-state index in [2.05, 4.69) is 5.43 Å². The van der Waals surface area contributed by atoms with Crippen molar-refractivity contribution < 1.29 is 43.3 Å². The van der Waals surface area contributed by atoms with Crippen molar-refractivity contribution >= 4 is 46.9 Å². The van der Waals surface area contributed by atoms with E-state index in [9.17, 15) is 33.8 Å². The van der Waals surface area contributed by atoms with Crippen LogP contribution in [0.4, 0.5) is 10.1 Å². The third kappa shape index (κ3) is 6.18. The number of fused-ring (bicyclic) bond motifs is 4. The Morgan fingerprint density at radius 2 is 1.64 bits per heavy atom. The normalized spacial score (nSPS) is 25.4. The molecule has 286 valence electrons. The molecule has 4 amide bonds. The summed E-state index contributed by atoms with van der Waals surface area (Å²) in [5.41, 5.74) is 3.81. The SMILES string of the molecule is O=C(O)CCCN1C(=O)[C@H]2[C@H](CC=C3[C@H]2C[C@H]2C(=O)N(Nc4ccc(F)cc4)C(=O)[C@@]2(c2ccc(Cl)cc2)[C@H]3c2ccc(OCc3ccccc3)cc2O)C1=O. The van der Waals surface area contributed by atoms with Crippen molar-refractivity contribution in [3.05, 3.63) is 136 Å². The summed E-state index contributed by atoms with van der Waals surface area (Å²) in [4.78, 5) is 70.5. The Balaban J connectivity index is 1.27. The molecular weight excluding hydrogens is 741 g/mol. The van der Waals surface area contributed by atoms with Crippen molar-refractivity contribution in [1.29, 1.82) is 0 Å². The molecule has 0 unspecified atom stereocenters. The fraction of sp³-hybridized carbons (Fsp3) is 0.279. The van der Waals surface area contributed by atoms with Crippen molar-refractivity contribution in [3.63, 3.8) is 0 Å². The first kappa shape index (κ1) is 36.9. The number of likely N-dealkylation sites (tertiary alicyclic amines) is 1. The highest BCUT2D eigenvalue weighted by atomic mass is 35.5. The van der Waals surface area contributed by atoms with E-state index < -0.39 is 70.4 Å². The third-order valence-corrected chi connectivity index (χ3v) is 11.9. The third-order valence-electron chi connectivity index (χ3n) is 11.7. The molecule has 4 aromatic carbocycles. The number of aliphatic carboxylic acids is 1. The average Bonchev–Trinajstić information content (AvgIpc) is 3.56. The first-order chi connectivity index (χ1) is 27.0. The molecule has 0 aromatic heterocycles. The van der Waals surface area contributed by atoms with E-state index in [0.29, 0.717) is 27.5 Å². The van der Waals surface area contributed by atoms with Gasteiger partial charge in [0, 0.05) is 35.5 Å². The second-order valence-electron chi connectivity index (χ2n) is 14.7. The number of amides is 4. The molecule has 56 heavy (non-hydrogen) atoms. The van der Waals surface area contributed by atoms with Gasteiger partial charge >= 0.3 is 5.97 Å². The van der Waals surface area contributed by atoms with Gasteiger partial charge < -0.3 is 14.9 Å². The van der Waals surface area contributed by atoms with Crippen LogP contribution in [-0.4, -0.2) is 56.3 Å². The van der Waals surface area contributed by atoms with Gasteiger partial charge in [-0.15, -0.1) is 0 Å². The van der Waals surface area contributed by atoms with E-state index >= 15 is 4.79 Å². The molecule has 0 bridgehead atoms. The Labute approximate surface area is 326 Å². The molecule has 3 N–H and O–H groups in total. The monoisotopic (exact) mass is 777 g/mol. The summed E-state index contributed by atoms with van der Waals surface area (Å²) >= 11 is 6.37. The molecule has 0 spiro atoms. The van der Waals surface area contributed by atoms with Crippen molar-refractivity contribution in [2.45, 2.75) is 43.6 Å². The fourth-order valence-electron chi connectivity index (χ4n) is 9.27. The number of nitrogens with one attached hydrogen (secondary N) is 1. The van der Waals surface area contributed by atoms with Gasteiger partial charge in [0.15, 0.2) is 0 Å². The molecule has 4 aliphatic rings. The molecule has 1 saturated carbocycles. The molecule has 13 heteroatoms. The highest BCUT2D eigenvalue weighted by molar-refractivity contribution is 6.30. The van der Waals surface area contributed by atoms with Gasteiger partial charge in [0.2, 0.25) is 11.8 Å². The van der Waals surface area contributed by atoms with Crippen LogP contribution < -0.4 is 10.2 Å². The number of carbonyl (C=O) groups excluding carboxylic acids is 4. The van der Waals surface area contributed by atoms with Crippen LogP contribution in [0.1, 0.15) is 48.3 Å². The largest absolute Gasteiger partial charge is 0.508 e. The van der Waals surface area contributed by atoms with Crippen molar-refractivity contribution in [2.24, 2.45) is 23.7 Å². The first-order valence-corrected chi connectivity index (χ1v) is 18.8. The van der Waals surface area contributed by atoms with Crippen molar-refractivity contribution in [3.8, 4) is 11.5 Å². The van der Waals surface area contributed by atoms with Gasteiger partial charge in [-0.2, -0.15) is 5.01 Å². The molecule has 0 radical (unpaired) electrons. The summed E-state index contributed by atoms with van der Waals surface area (Å²) in [6, 6.07) is 26.1. The number of phenols is 1. The lowest BCUT2D eigenvalue weighted by atomic mass is 9.49. The number of imide groups is 2. The summed E-state index contributed by atoms with van der Waals surface area (Å²) in [6.07, 6.45) is 1.91. The number of carboxylic acids is 1. The lowest BCUT2D eigenvalue weighted by Crippen LogP contribution is -2.53. The summed E-state index contributed by atoms with van der Waals surface area (Å²) in [6.45, 7) is 0.171. The van der Waals surface area contributed by atoms with Crippen LogP contribution in [0, 0.1) is 29.5 Å². The zero-order valence-corrected chi connectivity index (χ0v) is 30.7. The molecule has 6 atom stereocenters. The number of halogens is 2. The molecule has 4 aromatic rings. The maximum Gasteiger partial charge on any atom is 0.303 e. The quantitative estimate of drug-likeness (QED) is 0.113. The summed E-state index contributed by atoms with van der Waals surface area (Å²) < 4.78 is 19.9. The second-order valence-corrected chi connectivity index (χ2v) is 15.1. The van der Waals surface area contributed by atoms with E-state index in [4.69, 9.17) is 16.3 Å². The van der Waals surface area contributed by atoms with E-state index in [1.165, 1.54) is 30.3 Å². The average molecular weight is 778 g/mol. The van der Waals surface area contributed by atoms with E-state index in [-0.39, 0.29) is 50.3 Å². The maximum absolute atomic E-state index is 15.3. The molecule has 2 saturated heterocycles. The maximum atomic E-state index is 15.3.